The molecule has 2 nitrogen and oxygen atoms in total. The standard InChI is InChI=1S/C12H17BrFNO/c1-9(5-6-16)7-15-8-10-3-2-4-11(14)12(10)13/h2-4,9,15-16H,5-8H2,1H3. The van der Waals surface area contributed by atoms with Gasteiger partial charge in [0.2, 0.25) is 0 Å². The lowest BCUT2D eigenvalue weighted by molar-refractivity contribution is 0.260. The average Bonchev–Trinajstić information content (AvgIpc) is 2.25. The molecule has 0 aliphatic heterocycles. The van der Waals surface area contributed by atoms with Gasteiger partial charge in [0, 0.05) is 13.2 Å². The Bertz CT molecular complexity index is 333. The number of rotatable bonds is 6. The topological polar surface area (TPSA) is 32.3 Å². The number of hydrogen-bond donors (Lipinski definition) is 2. The van der Waals surface area contributed by atoms with E-state index in [4.69, 9.17) is 5.11 Å². The molecule has 4 heteroatoms. The van der Waals surface area contributed by atoms with Crippen LogP contribution in [0.25, 0.3) is 0 Å². The van der Waals surface area contributed by atoms with Crippen molar-refractivity contribution in [2.45, 2.75) is 19.9 Å². The SMILES string of the molecule is CC(CCO)CNCc1cccc(F)c1Br. The highest BCUT2D eigenvalue weighted by atomic mass is 79.9. The van der Waals surface area contributed by atoms with Crippen LogP contribution in [0.2, 0.25) is 0 Å². The summed E-state index contributed by atoms with van der Waals surface area (Å²) in [7, 11) is 0. The Morgan fingerprint density at radius 2 is 2.25 bits per heavy atom. The number of hydrogen-bond acceptors (Lipinski definition) is 2. The molecular weight excluding hydrogens is 273 g/mol. The van der Waals surface area contributed by atoms with Crippen molar-refractivity contribution in [3.63, 3.8) is 0 Å². The second-order valence-corrected chi connectivity index (χ2v) is 4.75. The summed E-state index contributed by atoms with van der Waals surface area (Å²) < 4.78 is 13.7. The van der Waals surface area contributed by atoms with Crippen LogP contribution in [0.3, 0.4) is 0 Å². The number of benzene rings is 1. The molecule has 0 saturated carbocycles. The van der Waals surface area contributed by atoms with E-state index >= 15 is 0 Å². The summed E-state index contributed by atoms with van der Waals surface area (Å²) in [5.41, 5.74) is 0.913. The lowest BCUT2D eigenvalue weighted by Gasteiger charge is -2.12. The fourth-order valence-corrected chi connectivity index (χ4v) is 1.87. The van der Waals surface area contributed by atoms with Gasteiger partial charge in [-0.05, 0) is 46.4 Å². The minimum Gasteiger partial charge on any atom is -0.396 e. The van der Waals surface area contributed by atoms with Gasteiger partial charge in [-0.3, -0.25) is 0 Å². The molecule has 0 heterocycles. The lowest BCUT2D eigenvalue weighted by atomic mass is 10.1. The van der Waals surface area contributed by atoms with E-state index in [9.17, 15) is 4.39 Å². The van der Waals surface area contributed by atoms with Gasteiger partial charge in [0.15, 0.2) is 0 Å². The van der Waals surface area contributed by atoms with Crippen LogP contribution in [0.15, 0.2) is 22.7 Å². The van der Waals surface area contributed by atoms with Gasteiger partial charge in [0.1, 0.15) is 5.82 Å². The quantitative estimate of drug-likeness (QED) is 0.844. The Balaban J connectivity index is 2.40. The lowest BCUT2D eigenvalue weighted by Crippen LogP contribution is -2.21. The number of aliphatic hydroxyl groups is 1. The van der Waals surface area contributed by atoms with Crippen molar-refractivity contribution in [2.24, 2.45) is 5.92 Å². The zero-order valence-electron chi connectivity index (χ0n) is 9.34. The molecule has 2 N–H and O–H groups in total. The number of halogens is 2. The van der Waals surface area contributed by atoms with Crippen molar-refractivity contribution in [2.75, 3.05) is 13.2 Å². The molecule has 1 rings (SSSR count). The first-order valence-corrected chi connectivity index (χ1v) is 6.19. The van der Waals surface area contributed by atoms with E-state index in [1.165, 1.54) is 6.07 Å². The van der Waals surface area contributed by atoms with Crippen molar-refractivity contribution in [1.82, 2.24) is 5.32 Å². The van der Waals surface area contributed by atoms with Gasteiger partial charge in [0.25, 0.3) is 0 Å². The van der Waals surface area contributed by atoms with Gasteiger partial charge >= 0.3 is 0 Å². The van der Waals surface area contributed by atoms with Gasteiger partial charge in [-0.15, -0.1) is 0 Å². The van der Waals surface area contributed by atoms with E-state index in [-0.39, 0.29) is 12.4 Å². The first-order valence-electron chi connectivity index (χ1n) is 5.39. The van der Waals surface area contributed by atoms with Crippen LogP contribution in [0.4, 0.5) is 4.39 Å². The van der Waals surface area contributed by atoms with E-state index in [1.807, 2.05) is 6.07 Å². The first kappa shape index (κ1) is 13.6. The fraction of sp³-hybridized carbons (Fsp3) is 0.500. The van der Waals surface area contributed by atoms with Crippen LogP contribution < -0.4 is 5.32 Å². The molecule has 0 bridgehead atoms. The Hall–Kier alpha value is -0.450. The van der Waals surface area contributed by atoms with E-state index < -0.39 is 0 Å². The molecule has 0 fully saturated rings. The van der Waals surface area contributed by atoms with Crippen LogP contribution in [0.5, 0.6) is 0 Å². The third-order valence-electron chi connectivity index (χ3n) is 2.46. The first-order chi connectivity index (χ1) is 7.65. The van der Waals surface area contributed by atoms with Crippen LogP contribution in [0.1, 0.15) is 18.9 Å². The summed E-state index contributed by atoms with van der Waals surface area (Å²) in [5, 5.41) is 12.0. The van der Waals surface area contributed by atoms with Crippen molar-refractivity contribution in [3.8, 4) is 0 Å². The van der Waals surface area contributed by atoms with E-state index in [0.717, 1.165) is 18.5 Å². The Morgan fingerprint density at radius 1 is 1.50 bits per heavy atom. The Labute approximate surface area is 104 Å². The smallest absolute Gasteiger partial charge is 0.137 e. The predicted molar refractivity (Wildman–Crippen MR) is 66.7 cm³/mol. The van der Waals surface area contributed by atoms with Gasteiger partial charge in [0.05, 0.1) is 4.47 Å². The van der Waals surface area contributed by atoms with Crippen molar-refractivity contribution < 1.29 is 9.50 Å². The molecule has 0 radical (unpaired) electrons. The zero-order chi connectivity index (χ0) is 12.0. The maximum atomic E-state index is 13.2. The largest absolute Gasteiger partial charge is 0.396 e. The highest BCUT2D eigenvalue weighted by Gasteiger charge is 2.05. The van der Waals surface area contributed by atoms with Gasteiger partial charge in [-0.25, -0.2) is 4.39 Å². The molecule has 16 heavy (non-hydrogen) atoms. The van der Waals surface area contributed by atoms with E-state index in [0.29, 0.717) is 16.9 Å². The molecule has 0 aromatic heterocycles. The summed E-state index contributed by atoms with van der Waals surface area (Å²) in [6.07, 6.45) is 0.789. The van der Waals surface area contributed by atoms with Gasteiger partial charge in [-0.1, -0.05) is 19.1 Å². The third-order valence-corrected chi connectivity index (χ3v) is 3.35. The summed E-state index contributed by atoms with van der Waals surface area (Å²) in [4.78, 5) is 0. The predicted octanol–water partition coefficient (Wildman–Crippen LogP) is 2.70. The summed E-state index contributed by atoms with van der Waals surface area (Å²) in [5.74, 6) is 0.194. The molecule has 0 saturated heterocycles. The molecule has 0 amide bonds. The molecule has 1 aromatic carbocycles. The van der Waals surface area contributed by atoms with Crippen LogP contribution >= 0.6 is 15.9 Å². The highest BCUT2D eigenvalue weighted by molar-refractivity contribution is 9.10. The molecular formula is C12H17BrFNO. The minimum absolute atomic E-state index is 0.215. The van der Waals surface area contributed by atoms with Crippen molar-refractivity contribution >= 4 is 15.9 Å². The Morgan fingerprint density at radius 3 is 2.94 bits per heavy atom. The van der Waals surface area contributed by atoms with E-state index in [1.54, 1.807) is 6.07 Å². The second-order valence-electron chi connectivity index (χ2n) is 3.96. The fourth-order valence-electron chi connectivity index (χ4n) is 1.46. The summed E-state index contributed by atoms with van der Waals surface area (Å²) in [6, 6.07) is 5.02. The molecule has 0 aliphatic carbocycles. The Kier molecular flexibility index (Phi) is 5.95. The highest BCUT2D eigenvalue weighted by Crippen LogP contribution is 2.20. The van der Waals surface area contributed by atoms with Crippen molar-refractivity contribution in [3.05, 3.63) is 34.1 Å². The number of nitrogens with one attached hydrogen (secondary N) is 1. The third kappa shape index (κ3) is 4.20. The molecule has 1 unspecified atom stereocenters. The van der Waals surface area contributed by atoms with Gasteiger partial charge in [-0.2, -0.15) is 0 Å². The molecule has 0 spiro atoms. The maximum absolute atomic E-state index is 13.2. The van der Waals surface area contributed by atoms with Gasteiger partial charge < -0.3 is 10.4 Å². The minimum atomic E-state index is -0.234. The normalized spacial score (nSPS) is 12.8. The maximum Gasteiger partial charge on any atom is 0.137 e. The van der Waals surface area contributed by atoms with Crippen LogP contribution in [0, 0.1) is 11.7 Å². The molecule has 0 aliphatic rings. The average molecular weight is 290 g/mol. The summed E-state index contributed by atoms with van der Waals surface area (Å²) in [6.45, 7) is 3.74. The number of aliphatic hydroxyl groups excluding tert-OH is 1. The monoisotopic (exact) mass is 289 g/mol. The molecule has 1 atom stereocenters. The summed E-state index contributed by atoms with van der Waals surface area (Å²) >= 11 is 3.22. The second kappa shape index (κ2) is 6.99. The van der Waals surface area contributed by atoms with Crippen molar-refractivity contribution in [1.29, 1.82) is 0 Å². The van der Waals surface area contributed by atoms with Crippen LogP contribution in [-0.4, -0.2) is 18.3 Å². The molecule has 1 aromatic rings. The van der Waals surface area contributed by atoms with E-state index in [2.05, 4.69) is 28.2 Å². The zero-order valence-corrected chi connectivity index (χ0v) is 10.9. The molecule has 90 valence electrons. The van der Waals surface area contributed by atoms with Crippen LogP contribution in [-0.2, 0) is 6.54 Å².